The first-order valence-electron chi connectivity index (χ1n) is 15.1. The molecule has 0 radical (unpaired) electrons. The van der Waals surface area contributed by atoms with E-state index in [1.807, 2.05) is 39.8 Å². The van der Waals surface area contributed by atoms with E-state index in [-0.39, 0.29) is 55.6 Å². The normalized spacial score (nSPS) is 24.9. The molecular formula is C33H42N4O7. The van der Waals surface area contributed by atoms with E-state index in [1.54, 1.807) is 0 Å². The molecule has 2 amide bonds. The Morgan fingerprint density at radius 2 is 1.75 bits per heavy atom. The molecule has 0 saturated carbocycles. The van der Waals surface area contributed by atoms with Crippen LogP contribution in [-0.2, 0) is 32.0 Å². The van der Waals surface area contributed by atoms with Crippen LogP contribution in [0.25, 0.3) is 12.7 Å². The number of allylic oxidation sites excluding steroid dienone is 3. The number of aromatic nitrogens is 1. The molecule has 11 heteroatoms. The summed E-state index contributed by atoms with van der Waals surface area (Å²) in [6.45, 7) is 11.8. The molecule has 236 valence electrons. The molecule has 44 heavy (non-hydrogen) atoms. The number of carboxylic acid groups (broad SMARTS) is 2. The second-order valence-electron chi connectivity index (χ2n) is 11.8. The van der Waals surface area contributed by atoms with Crippen molar-refractivity contribution in [1.82, 2.24) is 15.6 Å². The van der Waals surface area contributed by atoms with Gasteiger partial charge in [0.1, 0.15) is 0 Å². The summed E-state index contributed by atoms with van der Waals surface area (Å²) in [6.07, 6.45) is 5.50. The van der Waals surface area contributed by atoms with Crippen LogP contribution in [0.4, 0.5) is 0 Å². The number of aliphatic carboxylic acids is 2. The summed E-state index contributed by atoms with van der Waals surface area (Å²) in [5.41, 5.74) is 6.14. The number of nitrogens with zero attached hydrogens (tertiary/aromatic N) is 1. The maximum atomic E-state index is 12.4. The van der Waals surface area contributed by atoms with Crippen LogP contribution in [0.2, 0.25) is 0 Å². The lowest BCUT2D eigenvalue weighted by atomic mass is 9.88. The van der Waals surface area contributed by atoms with E-state index >= 15 is 0 Å². The maximum Gasteiger partial charge on any atom is 0.303 e. The third-order valence-electron chi connectivity index (χ3n) is 9.15. The van der Waals surface area contributed by atoms with Gasteiger partial charge in [0.25, 0.3) is 5.91 Å². The molecule has 11 nitrogen and oxygen atoms in total. The van der Waals surface area contributed by atoms with Gasteiger partial charge < -0.3 is 30.9 Å². The van der Waals surface area contributed by atoms with Gasteiger partial charge in [-0.05, 0) is 85.1 Å². The van der Waals surface area contributed by atoms with Gasteiger partial charge in [0.15, 0.2) is 0 Å². The molecule has 1 aromatic rings. The van der Waals surface area contributed by atoms with E-state index in [0.717, 1.165) is 33.5 Å². The molecular weight excluding hydrogens is 564 g/mol. The van der Waals surface area contributed by atoms with Crippen molar-refractivity contribution < 1.29 is 34.5 Å². The highest BCUT2D eigenvalue weighted by Crippen LogP contribution is 2.31. The van der Waals surface area contributed by atoms with E-state index in [0.29, 0.717) is 47.7 Å². The molecule has 0 bridgehead atoms. The van der Waals surface area contributed by atoms with Crippen molar-refractivity contribution in [2.75, 3.05) is 6.61 Å². The van der Waals surface area contributed by atoms with Crippen LogP contribution in [-0.4, -0.2) is 68.5 Å². The molecule has 2 unspecified atom stereocenters. The van der Waals surface area contributed by atoms with Gasteiger partial charge in [0.05, 0.1) is 17.8 Å². The second kappa shape index (κ2) is 13.6. The topological polar surface area (TPSA) is 181 Å². The SMILES string of the molecule is C=c1c(CCC(=O)O)c(CC2N=C(/C=C3\NC(=O)C(CC)=C3C)C(C)=C2CCC(=O)O)[nH]/c1=C/C1NC(=O)[C@H](C)[C@H]1CCO. The van der Waals surface area contributed by atoms with Gasteiger partial charge in [-0.15, -0.1) is 0 Å². The third-order valence-corrected chi connectivity index (χ3v) is 9.15. The van der Waals surface area contributed by atoms with Gasteiger partial charge in [-0.1, -0.05) is 20.4 Å². The number of hydrogen-bond donors (Lipinski definition) is 6. The second-order valence-corrected chi connectivity index (χ2v) is 11.8. The zero-order chi connectivity index (χ0) is 32.3. The van der Waals surface area contributed by atoms with E-state index in [1.165, 1.54) is 0 Å². The number of carbonyl (C=O) groups is 4. The number of aromatic amines is 1. The van der Waals surface area contributed by atoms with Gasteiger partial charge >= 0.3 is 11.9 Å². The molecule has 1 fully saturated rings. The summed E-state index contributed by atoms with van der Waals surface area (Å²) in [4.78, 5) is 56.3. The number of carboxylic acids is 2. The quantitative estimate of drug-likeness (QED) is 0.197. The van der Waals surface area contributed by atoms with Crippen molar-refractivity contribution in [3.63, 3.8) is 0 Å². The molecule has 6 N–H and O–H groups in total. The Labute approximate surface area is 256 Å². The van der Waals surface area contributed by atoms with Crippen LogP contribution < -0.4 is 21.2 Å². The molecule has 4 rings (SSSR count). The van der Waals surface area contributed by atoms with Crippen LogP contribution in [0.15, 0.2) is 39.1 Å². The highest BCUT2D eigenvalue weighted by molar-refractivity contribution is 6.12. The van der Waals surface area contributed by atoms with Crippen molar-refractivity contribution in [3.05, 3.63) is 55.9 Å². The lowest BCUT2D eigenvalue weighted by molar-refractivity contribution is -0.138. The number of nitrogens with one attached hydrogen (secondary N) is 3. The summed E-state index contributed by atoms with van der Waals surface area (Å²) < 4.78 is 0. The number of H-pyrrole nitrogens is 1. The zero-order valence-corrected chi connectivity index (χ0v) is 25.7. The first kappa shape index (κ1) is 32.7. The Morgan fingerprint density at radius 3 is 2.36 bits per heavy atom. The van der Waals surface area contributed by atoms with Crippen molar-refractivity contribution in [3.8, 4) is 0 Å². The monoisotopic (exact) mass is 606 g/mol. The summed E-state index contributed by atoms with van der Waals surface area (Å²) in [6, 6.07) is -0.734. The van der Waals surface area contributed by atoms with Crippen molar-refractivity contribution >= 4 is 42.1 Å². The van der Waals surface area contributed by atoms with Crippen molar-refractivity contribution in [1.29, 1.82) is 0 Å². The Morgan fingerprint density at radius 1 is 1.07 bits per heavy atom. The number of aliphatic hydroxyl groups excluding tert-OH is 1. The maximum absolute atomic E-state index is 12.4. The highest BCUT2D eigenvalue weighted by atomic mass is 16.4. The predicted octanol–water partition coefficient (Wildman–Crippen LogP) is 1.64. The summed E-state index contributed by atoms with van der Waals surface area (Å²) >= 11 is 0. The molecule has 1 aromatic heterocycles. The van der Waals surface area contributed by atoms with E-state index in [9.17, 15) is 34.5 Å². The van der Waals surface area contributed by atoms with Crippen LogP contribution in [0.3, 0.4) is 0 Å². The Hall–Kier alpha value is -4.25. The van der Waals surface area contributed by atoms with Crippen LogP contribution in [0, 0.1) is 11.8 Å². The van der Waals surface area contributed by atoms with Crippen molar-refractivity contribution in [2.45, 2.75) is 84.7 Å². The highest BCUT2D eigenvalue weighted by Gasteiger charge is 2.37. The minimum atomic E-state index is -0.943. The lowest BCUT2D eigenvalue weighted by Crippen LogP contribution is -2.33. The number of rotatable bonds is 13. The lowest BCUT2D eigenvalue weighted by Gasteiger charge is -2.16. The predicted molar refractivity (Wildman–Crippen MR) is 166 cm³/mol. The van der Waals surface area contributed by atoms with Gasteiger partial charge in [-0.2, -0.15) is 0 Å². The average molecular weight is 607 g/mol. The summed E-state index contributed by atoms with van der Waals surface area (Å²) in [7, 11) is 0. The summed E-state index contributed by atoms with van der Waals surface area (Å²) in [5, 5.41) is 35.7. The minimum Gasteiger partial charge on any atom is -0.481 e. The average Bonchev–Trinajstić information content (AvgIpc) is 3.60. The fourth-order valence-electron chi connectivity index (χ4n) is 6.53. The minimum absolute atomic E-state index is 0.0485. The molecule has 0 aromatic carbocycles. The van der Waals surface area contributed by atoms with Gasteiger partial charge in [0, 0.05) is 54.1 Å². The molecule has 3 aliphatic rings. The van der Waals surface area contributed by atoms with Gasteiger partial charge in [-0.3, -0.25) is 24.2 Å². The zero-order valence-electron chi connectivity index (χ0n) is 25.7. The number of hydrogen-bond acceptors (Lipinski definition) is 6. The largest absolute Gasteiger partial charge is 0.481 e. The Balaban J connectivity index is 1.75. The standard InChI is InChI=1S/C33H42N4O7/c1-6-20-16(2)26(36-33(20)44)13-24-17(3)21(7-9-30(39)40)27(34-24)15-28-22(8-10-31(41)42)18(4)25(35-28)14-29-23(11-12-38)19(5)32(43)37-29/h13-14,19,23,27,29,35,38H,4,6-12,15H2,1-3,5H3,(H,36,44)(H,37,43)(H,39,40)(H,41,42)/b25-14+,26-13-/t19-,23-,27?,29?/m1/s1. The third kappa shape index (κ3) is 6.77. The van der Waals surface area contributed by atoms with Crippen LogP contribution in [0.5, 0.6) is 0 Å². The van der Waals surface area contributed by atoms with E-state index in [2.05, 4.69) is 22.2 Å². The Kier molecular flexibility index (Phi) is 10.1. The molecule has 0 spiro atoms. The van der Waals surface area contributed by atoms with E-state index < -0.39 is 18.0 Å². The van der Waals surface area contributed by atoms with Gasteiger partial charge in [-0.25, -0.2) is 0 Å². The number of amides is 2. The fraction of sp³-hybridized carbons (Fsp3) is 0.485. The van der Waals surface area contributed by atoms with Crippen molar-refractivity contribution in [2.24, 2.45) is 16.8 Å². The molecule has 3 aliphatic heterocycles. The number of carbonyl (C=O) groups excluding carboxylic acids is 2. The van der Waals surface area contributed by atoms with Crippen LogP contribution in [0.1, 0.15) is 71.1 Å². The molecule has 0 aliphatic carbocycles. The fourth-order valence-corrected chi connectivity index (χ4v) is 6.53. The van der Waals surface area contributed by atoms with E-state index in [4.69, 9.17) is 4.99 Å². The Bertz CT molecular complexity index is 1610. The van der Waals surface area contributed by atoms with Gasteiger partial charge in [0.2, 0.25) is 5.91 Å². The first-order valence-corrected chi connectivity index (χ1v) is 15.1. The van der Waals surface area contributed by atoms with Crippen LogP contribution >= 0.6 is 0 Å². The molecule has 4 atom stereocenters. The number of aliphatic hydroxyl groups is 1. The molecule has 4 heterocycles. The summed E-state index contributed by atoms with van der Waals surface area (Å²) in [5.74, 6) is -2.45. The number of aliphatic imine (C=N–C) groups is 1. The molecule has 1 saturated heterocycles. The first-order chi connectivity index (χ1) is 20.9. The smallest absolute Gasteiger partial charge is 0.303 e.